The summed E-state index contributed by atoms with van der Waals surface area (Å²) in [5, 5.41) is 22.1. The van der Waals surface area contributed by atoms with Crippen molar-refractivity contribution in [3.63, 3.8) is 0 Å². The number of nitrogens with one attached hydrogen (secondary N) is 1. The van der Waals surface area contributed by atoms with Crippen LogP contribution in [0.1, 0.15) is 71.2 Å². The predicted octanol–water partition coefficient (Wildman–Crippen LogP) is 3.71. The highest BCUT2D eigenvalue weighted by Crippen LogP contribution is 2.33. The number of piperazine rings is 1. The lowest BCUT2D eigenvalue weighted by Gasteiger charge is -2.35. The van der Waals surface area contributed by atoms with E-state index in [0.29, 0.717) is 37.8 Å². The lowest BCUT2D eigenvalue weighted by molar-refractivity contribution is -0.141. The molecule has 4 heterocycles. The Bertz CT molecular complexity index is 1550. The molecule has 5 rings (SSSR count). The Morgan fingerprint density at radius 1 is 1.04 bits per heavy atom. The summed E-state index contributed by atoms with van der Waals surface area (Å²) in [5.41, 5.74) is 2.36. The molecule has 3 amide bonds. The van der Waals surface area contributed by atoms with Crippen LogP contribution in [0.3, 0.4) is 0 Å². The maximum Gasteiger partial charge on any atom is 0.410 e. The minimum Gasteiger partial charge on any atom is -0.444 e. The van der Waals surface area contributed by atoms with Crippen molar-refractivity contribution in [1.82, 2.24) is 30.1 Å². The van der Waals surface area contributed by atoms with Crippen LogP contribution in [-0.4, -0.2) is 98.2 Å². The number of aromatic nitrogens is 3. The van der Waals surface area contributed by atoms with E-state index in [-0.39, 0.29) is 42.8 Å². The quantitative estimate of drug-likeness (QED) is 0.373. The fraction of sp³-hybridized carbons (Fsp3) is 0.559. The maximum atomic E-state index is 14.1. The lowest BCUT2D eigenvalue weighted by Crippen LogP contribution is -2.50. The van der Waals surface area contributed by atoms with Gasteiger partial charge in [0.25, 0.3) is 0 Å². The highest BCUT2D eigenvalue weighted by molar-refractivity contribution is 5.91. The van der Waals surface area contributed by atoms with E-state index in [9.17, 15) is 19.5 Å². The van der Waals surface area contributed by atoms with Gasteiger partial charge in [-0.15, -0.1) is 0 Å². The molecule has 0 saturated carbocycles. The molecule has 3 aromatic rings. The van der Waals surface area contributed by atoms with Gasteiger partial charge in [0, 0.05) is 58.5 Å². The number of aliphatic hydroxyl groups is 1. The summed E-state index contributed by atoms with van der Waals surface area (Å²) in [7, 11) is 1.89. The molecule has 0 unspecified atom stereocenters. The Morgan fingerprint density at radius 2 is 1.72 bits per heavy atom. The molecular formula is C34H47N7O6. The van der Waals surface area contributed by atoms with Gasteiger partial charge in [0.15, 0.2) is 11.6 Å². The number of hydrogen-bond acceptors (Lipinski definition) is 9. The van der Waals surface area contributed by atoms with E-state index in [0.717, 1.165) is 16.8 Å². The number of aliphatic hydroxyl groups excluding tert-OH is 1. The van der Waals surface area contributed by atoms with Crippen LogP contribution in [0.15, 0.2) is 47.1 Å². The first-order valence-electron chi connectivity index (χ1n) is 16.3. The van der Waals surface area contributed by atoms with Crippen molar-refractivity contribution >= 4 is 23.7 Å². The van der Waals surface area contributed by atoms with Gasteiger partial charge in [-0.1, -0.05) is 43.3 Å². The third-order valence-corrected chi connectivity index (χ3v) is 8.76. The molecule has 0 radical (unpaired) electrons. The number of rotatable bonds is 8. The molecule has 1 aromatic carbocycles. The molecule has 2 aromatic heterocycles. The van der Waals surface area contributed by atoms with Crippen molar-refractivity contribution in [2.45, 2.75) is 77.7 Å². The number of ether oxygens (including phenoxy) is 1. The number of aryl methyl sites for hydroxylation is 1. The lowest BCUT2D eigenvalue weighted by atomic mass is 9.91. The Morgan fingerprint density at radius 3 is 2.32 bits per heavy atom. The van der Waals surface area contributed by atoms with Gasteiger partial charge in [-0.2, -0.15) is 5.10 Å². The number of likely N-dealkylation sites (tertiary alicyclic amines) is 1. The molecule has 2 aliphatic rings. The van der Waals surface area contributed by atoms with E-state index in [1.165, 1.54) is 4.90 Å². The standard InChI is InChI=1S/C34H47N7O6/c1-21(2)30(28-19-29(37-47-28)39-14-16-40(17-15-39)33(45)46-34(4,5)6)32(44)41-20-25(42)18-27(41)31(43)36-22(3)23-8-10-24(11-9-23)26-12-13-35-38(26)7/h8-13,19,21-22,25,27,30,42H,14-18,20H2,1-7H3,(H,36,43)/t22-,25+,27-,30+/m0/s1. The monoisotopic (exact) mass is 649 g/mol. The van der Waals surface area contributed by atoms with Gasteiger partial charge < -0.3 is 34.4 Å². The van der Waals surface area contributed by atoms with Crippen molar-refractivity contribution < 1.29 is 28.8 Å². The van der Waals surface area contributed by atoms with Crippen molar-refractivity contribution in [3.05, 3.63) is 53.9 Å². The number of benzene rings is 1. The third kappa shape index (κ3) is 7.78. The fourth-order valence-electron chi connectivity index (χ4n) is 6.23. The van der Waals surface area contributed by atoms with Gasteiger partial charge in [-0.25, -0.2) is 4.79 Å². The van der Waals surface area contributed by atoms with E-state index in [1.54, 1.807) is 21.8 Å². The number of carbonyl (C=O) groups excluding carboxylic acids is 3. The van der Waals surface area contributed by atoms with Gasteiger partial charge in [0.2, 0.25) is 11.8 Å². The van der Waals surface area contributed by atoms with Gasteiger partial charge in [-0.3, -0.25) is 14.3 Å². The molecule has 2 saturated heterocycles. The van der Waals surface area contributed by atoms with E-state index in [2.05, 4.69) is 15.6 Å². The molecular weight excluding hydrogens is 602 g/mol. The highest BCUT2D eigenvalue weighted by atomic mass is 16.6. The van der Waals surface area contributed by atoms with Crippen LogP contribution in [0.4, 0.5) is 10.6 Å². The third-order valence-electron chi connectivity index (χ3n) is 8.76. The van der Waals surface area contributed by atoms with E-state index in [4.69, 9.17) is 9.26 Å². The van der Waals surface area contributed by atoms with E-state index >= 15 is 0 Å². The summed E-state index contributed by atoms with van der Waals surface area (Å²) >= 11 is 0. The number of hydrogen-bond donors (Lipinski definition) is 2. The van der Waals surface area contributed by atoms with Gasteiger partial charge >= 0.3 is 6.09 Å². The molecule has 13 heteroatoms. The average Bonchev–Trinajstić information content (AvgIpc) is 3.76. The Kier molecular flexibility index (Phi) is 9.94. The van der Waals surface area contributed by atoms with Crippen molar-refractivity contribution in [2.75, 3.05) is 37.6 Å². The van der Waals surface area contributed by atoms with Crippen LogP contribution in [0.25, 0.3) is 11.3 Å². The van der Waals surface area contributed by atoms with Crippen molar-refractivity contribution in [1.29, 1.82) is 0 Å². The number of anilines is 1. The number of carbonyl (C=O) groups is 3. The number of nitrogens with zero attached hydrogens (tertiary/aromatic N) is 6. The molecule has 0 aliphatic carbocycles. The smallest absolute Gasteiger partial charge is 0.410 e. The molecule has 0 spiro atoms. The van der Waals surface area contributed by atoms with Crippen LogP contribution in [0.2, 0.25) is 0 Å². The SMILES string of the molecule is CC(C)[C@@H](C(=O)N1C[C@H](O)C[C@H]1C(=O)N[C@@H](C)c1ccc(-c2ccnn2C)cc1)c1cc(N2CCN(C(=O)OC(C)(C)C)CC2)no1. The molecule has 2 fully saturated rings. The summed E-state index contributed by atoms with van der Waals surface area (Å²) in [6, 6.07) is 10.5. The molecule has 13 nitrogen and oxygen atoms in total. The van der Waals surface area contributed by atoms with Crippen LogP contribution >= 0.6 is 0 Å². The molecule has 2 aliphatic heterocycles. The zero-order valence-electron chi connectivity index (χ0n) is 28.3. The van der Waals surface area contributed by atoms with Crippen LogP contribution in [0.5, 0.6) is 0 Å². The molecule has 254 valence electrons. The average molecular weight is 650 g/mol. The molecule has 0 bridgehead atoms. The Balaban J connectivity index is 1.23. The van der Waals surface area contributed by atoms with Crippen molar-refractivity contribution in [2.24, 2.45) is 13.0 Å². The number of β-amino-alcohol motifs (C(OH)–C–C–N with tert-alkyl or cyclic N) is 1. The summed E-state index contributed by atoms with van der Waals surface area (Å²) < 4.78 is 13.0. The number of amides is 3. The normalized spacial score (nSPS) is 20.0. The van der Waals surface area contributed by atoms with Gasteiger partial charge in [0.05, 0.1) is 17.8 Å². The molecule has 4 atom stereocenters. The second-order valence-corrected chi connectivity index (χ2v) is 13.9. The zero-order chi connectivity index (χ0) is 34.0. The topological polar surface area (TPSA) is 146 Å². The van der Waals surface area contributed by atoms with Crippen LogP contribution in [0, 0.1) is 5.92 Å². The minimum atomic E-state index is -0.821. The van der Waals surface area contributed by atoms with E-state index in [1.807, 2.05) is 83.8 Å². The molecule has 2 N–H and O–H groups in total. The fourth-order valence-corrected chi connectivity index (χ4v) is 6.23. The summed E-state index contributed by atoms with van der Waals surface area (Å²) in [6.07, 6.45) is 0.737. The first-order chi connectivity index (χ1) is 22.2. The van der Waals surface area contributed by atoms with Crippen LogP contribution < -0.4 is 10.2 Å². The van der Waals surface area contributed by atoms with Gasteiger partial charge in [0.1, 0.15) is 17.6 Å². The maximum absolute atomic E-state index is 14.1. The van der Waals surface area contributed by atoms with E-state index < -0.39 is 23.7 Å². The van der Waals surface area contributed by atoms with Crippen molar-refractivity contribution in [3.8, 4) is 11.3 Å². The minimum absolute atomic E-state index is 0.0571. The van der Waals surface area contributed by atoms with Gasteiger partial charge in [-0.05, 0) is 50.8 Å². The summed E-state index contributed by atoms with van der Waals surface area (Å²) in [6.45, 7) is 13.3. The molecule has 47 heavy (non-hydrogen) atoms. The summed E-state index contributed by atoms with van der Waals surface area (Å²) in [4.78, 5) is 45.3. The summed E-state index contributed by atoms with van der Waals surface area (Å²) in [5.74, 6) is -0.482. The predicted molar refractivity (Wildman–Crippen MR) is 175 cm³/mol. The first kappa shape index (κ1) is 34.0. The highest BCUT2D eigenvalue weighted by Gasteiger charge is 2.43. The first-order valence-corrected chi connectivity index (χ1v) is 16.3. The zero-order valence-corrected chi connectivity index (χ0v) is 28.3. The Labute approximate surface area is 275 Å². The second-order valence-electron chi connectivity index (χ2n) is 13.9. The second kappa shape index (κ2) is 13.8. The van der Waals surface area contributed by atoms with Crippen LogP contribution in [-0.2, 0) is 21.4 Å². The largest absolute Gasteiger partial charge is 0.444 e. The Hall–Kier alpha value is -4.39.